The van der Waals surface area contributed by atoms with Crippen LogP contribution in [0.1, 0.15) is 131 Å². The van der Waals surface area contributed by atoms with E-state index in [1.165, 1.54) is 0 Å². The van der Waals surface area contributed by atoms with E-state index in [4.69, 9.17) is 0 Å². The number of likely N-dealkylation sites (N-methyl/N-ethyl adjacent to an activating group) is 2. The summed E-state index contributed by atoms with van der Waals surface area (Å²) in [6.45, 7) is 18.5. The molecule has 4 N–H and O–H groups in total. The summed E-state index contributed by atoms with van der Waals surface area (Å²) >= 11 is 0. The van der Waals surface area contributed by atoms with Crippen molar-refractivity contribution in [3.63, 3.8) is 0 Å². The van der Waals surface area contributed by atoms with Crippen LogP contribution in [0.3, 0.4) is 0 Å². The van der Waals surface area contributed by atoms with Gasteiger partial charge in [-0.25, -0.2) is 0 Å². The van der Waals surface area contributed by atoms with E-state index in [0.717, 1.165) is 49.7 Å². The lowest BCUT2D eigenvalue weighted by Gasteiger charge is -2.37. The molecule has 2 fully saturated rings. The lowest BCUT2D eigenvalue weighted by Crippen LogP contribution is -2.59. The van der Waals surface area contributed by atoms with Crippen molar-refractivity contribution >= 4 is 35.4 Å². The van der Waals surface area contributed by atoms with Crippen molar-refractivity contribution in [2.45, 2.75) is 169 Å². The number of carbonyl (C=O) groups is 6. The standard InChI is InChI=1S/C54H86N8O6/c1-39(55-9)49(65)57-47(53(3,4)5)51(67)61-33-21-27-43(61)37-59(35-31-41-23-15-13-16-24-41)45(63)29-19-11-12-20-30-46(64)60(36-32-42-25-17-14-18-26-42)38-44-28-22-34-62(44)52(68)48(54(6,7)8)58-50(66)40(2)56-10/h13-18,23-26,39-40,43-44,47-48,55-56H,11-12,19-22,27-38H2,1-10H3,(H,57,65)(H,58,66)/t39-,40-,43-,44-,47+,48+/m0/s1. The molecule has 378 valence electrons. The normalized spacial score (nSPS) is 18.1. The minimum absolute atomic E-state index is 0.0624. The van der Waals surface area contributed by atoms with Gasteiger partial charge in [0.25, 0.3) is 0 Å². The molecule has 0 bridgehead atoms. The topological polar surface area (TPSA) is 163 Å². The molecule has 14 heteroatoms. The van der Waals surface area contributed by atoms with Crippen LogP contribution in [0.25, 0.3) is 0 Å². The SMILES string of the molecule is CN[C@@H](C)C(=O)N[C@H](C(=O)N1CCC[C@H]1CN(CCc1ccccc1)C(=O)CCCCCCC(=O)N(CCc1ccccc1)C[C@@H]1CCCN1C(=O)[C@@H](NC(=O)[C@H](C)NC)C(C)(C)C)C(C)(C)C. The smallest absolute Gasteiger partial charge is 0.246 e. The molecule has 0 aliphatic carbocycles. The monoisotopic (exact) mass is 943 g/mol. The fraction of sp³-hybridized carbons (Fsp3) is 0.667. The van der Waals surface area contributed by atoms with Crippen LogP contribution in [0.15, 0.2) is 60.7 Å². The average Bonchev–Trinajstić information content (AvgIpc) is 3.99. The predicted molar refractivity (Wildman–Crippen MR) is 270 cm³/mol. The summed E-state index contributed by atoms with van der Waals surface area (Å²) in [7, 11) is 3.44. The Labute approximate surface area is 408 Å². The molecule has 0 spiro atoms. The predicted octanol–water partition coefficient (Wildman–Crippen LogP) is 5.73. The minimum Gasteiger partial charge on any atom is -0.342 e. The quantitative estimate of drug-likeness (QED) is 0.0919. The van der Waals surface area contributed by atoms with Crippen molar-refractivity contribution in [1.82, 2.24) is 40.9 Å². The molecule has 6 amide bonds. The lowest BCUT2D eigenvalue weighted by molar-refractivity contribution is -0.142. The number of nitrogens with one attached hydrogen (secondary N) is 4. The Morgan fingerprint density at radius 1 is 0.574 bits per heavy atom. The van der Waals surface area contributed by atoms with E-state index in [2.05, 4.69) is 45.5 Å². The number of unbranched alkanes of at least 4 members (excludes halogenated alkanes) is 3. The van der Waals surface area contributed by atoms with Crippen molar-refractivity contribution in [3.8, 4) is 0 Å². The zero-order chi connectivity index (χ0) is 50.0. The molecule has 68 heavy (non-hydrogen) atoms. The first kappa shape index (κ1) is 55.8. The third kappa shape index (κ3) is 17.0. The van der Waals surface area contributed by atoms with Crippen LogP contribution >= 0.6 is 0 Å². The van der Waals surface area contributed by atoms with Gasteiger partial charge in [-0.15, -0.1) is 0 Å². The van der Waals surface area contributed by atoms with E-state index in [1.54, 1.807) is 27.9 Å². The molecular formula is C54H86N8O6. The van der Waals surface area contributed by atoms with Crippen LogP contribution in [0.2, 0.25) is 0 Å². The van der Waals surface area contributed by atoms with Crippen LogP contribution in [0.5, 0.6) is 0 Å². The number of likely N-dealkylation sites (tertiary alicyclic amines) is 2. The third-order valence-electron chi connectivity index (χ3n) is 13.9. The Hall–Kier alpha value is -4.82. The Balaban J connectivity index is 1.37. The molecule has 2 aliphatic rings. The number of amides is 6. The third-order valence-corrected chi connectivity index (χ3v) is 13.9. The first-order valence-electron chi connectivity index (χ1n) is 25.4. The first-order valence-corrected chi connectivity index (χ1v) is 25.4. The van der Waals surface area contributed by atoms with Gasteiger partial charge in [0.2, 0.25) is 35.4 Å². The molecule has 4 rings (SSSR count). The zero-order valence-corrected chi connectivity index (χ0v) is 43.2. The van der Waals surface area contributed by atoms with E-state index in [1.807, 2.05) is 97.5 Å². The summed E-state index contributed by atoms with van der Waals surface area (Å²) in [5.74, 6) is -0.537. The fourth-order valence-corrected chi connectivity index (χ4v) is 9.24. The summed E-state index contributed by atoms with van der Waals surface area (Å²) in [4.78, 5) is 90.2. The highest BCUT2D eigenvalue weighted by atomic mass is 16.2. The second kappa shape index (κ2) is 26.8. The Morgan fingerprint density at radius 2 is 0.926 bits per heavy atom. The van der Waals surface area contributed by atoms with Crippen molar-refractivity contribution in [1.29, 1.82) is 0 Å². The molecule has 0 radical (unpaired) electrons. The van der Waals surface area contributed by atoms with Gasteiger partial charge in [0.1, 0.15) is 12.1 Å². The Bertz CT molecular complexity index is 1780. The van der Waals surface area contributed by atoms with Crippen LogP contribution in [0.4, 0.5) is 0 Å². The summed E-state index contributed by atoms with van der Waals surface area (Å²) in [5, 5.41) is 12.0. The molecule has 0 aromatic heterocycles. The van der Waals surface area contributed by atoms with Gasteiger partial charge in [-0.1, -0.05) is 115 Å². The number of hydrogen-bond acceptors (Lipinski definition) is 8. The van der Waals surface area contributed by atoms with Crippen molar-refractivity contribution in [3.05, 3.63) is 71.8 Å². The maximum Gasteiger partial charge on any atom is 0.246 e. The van der Waals surface area contributed by atoms with Gasteiger partial charge in [-0.05, 0) is 101 Å². The average molecular weight is 943 g/mol. The van der Waals surface area contributed by atoms with E-state index in [-0.39, 0.29) is 47.5 Å². The molecule has 2 saturated heterocycles. The highest BCUT2D eigenvalue weighted by Gasteiger charge is 2.42. The van der Waals surface area contributed by atoms with Gasteiger partial charge in [0, 0.05) is 64.2 Å². The van der Waals surface area contributed by atoms with E-state index in [0.29, 0.717) is 77.8 Å². The fourth-order valence-electron chi connectivity index (χ4n) is 9.24. The van der Waals surface area contributed by atoms with Gasteiger partial charge in [0.15, 0.2) is 0 Å². The summed E-state index contributed by atoms with van der Waals surface area (Å²) in [6.07, 6.45) is 8.41. The van der Waals surface area contributed by atoms with E-state index in [9.17, 15) is 28.8 Å². The van der Waals surface area contributed by atoms with Crippen LogP contribution in [-0.4, -0.2) is 145 Å². The summed E-state index contributed by atoms with van der Waals surface area (Å²) in [6, 6.07) is 17.7. The number of nitrogens with zero attached hydrogens (tertiary/aromatic N) is 4. The highest BCUT2D eigenvalue weighted by molar-refractivity contribution is 5.91. The lowest BCUT2D eigenvalue weighted by atomic mass is 9.85. The minimum atomic E-state index is -0.705. The number of benzene rings is 2. The van der Waals surface area contributed by atoms with Crippen LogP contribution < -0.4 is 21.3 Å². The molecule has 2 aromatic carbocycles. The first-order chi connectivity index (χ1) is 32.2. The Morgan fingerprint density at radius 3 is 1.25 bits per heavy atom. The molecule has 2 aromatic rings. The summed E-state index contributed by atoms with van der Waals surface area (Å²) < 4.78 is 0. The second-order valence-electron chi connectivity index (χ2n) is 21.4. The van der Waals surface area contributed by atoms with E-state index >= 15 is 0 Å². The van der Waals surface area contributed by atoms with Gasteiger partial charge in [0.05, 0.1) is 12.1 Å². The highest BCUT2D eigenvalue weighted by Crippen LogP contribution is 2.29. The van der Waals surface area contributed by atoms with Crippen LogP contribution in [0, 0.1) is 10.8 Å². The van der Waals surface area contributed by atoms with E-state index < -0.39 is 35.0 Å². The number of rotatable bonds is 25. The van der Waals surface area contributed by atoms with Gasteiger partial charge >= 0.3 is 0 Å². The molecule has 0 saturated carbocycles. The van der Waals surface area contributed by atoms with Crippen molar-refractivity contribution in [2.24, 2.45) is 10.8 Å². The molecular weight excluding hydrogens is 857 g/mol. The molecule has 2 aliphatic heterocycles. The molecule has 0 unspecified atom stereocenters. The number of hydrogen-bond donors (Lipinski definition) is 4. The van der Waals surface area contributed by atoms with Gasteiger partial charge in [-0.3, -0.25) is 28.8 Å². The largest absolute Gasteiger partial charge is 0.342 e. The van der Waals surface area contributed by atoms with Crippen LogP contribution in [-0.2, 0) is 41.6 Å². The second-order valence-corrected chi connectivity index (χ2v) is 21.4. The maximum atomic E-state index is 14.2. The van der Waals surface area contributed by atoms with Crippen molar-refractivity contribution < 1.29 is 28.8 Å². The summed E-state index contributed by atoms with van der Waals surface area (Å²) in [5.41, 5.74) is 1.26. The molecule has 6 atom stereocenters. The van der Waals surface area contributed by atoms with Crippen molar-refractivity contribution in [2.75, 3.05) is 53.4 Å². The zero-order valence-electron chi connectivity index (χ0n) is 43.2. The van der Waals surface area contributed by atoms with Gasteiger partial charge < -0.3 is 40.9 Å². The molecule has 2 heterocycles. The maximum absolute atomic E-state index is 14.2. The Kier molecular flexibility index (Phi) is 22.0. The number of carbonyl (C=O) groups excluding carboxylic acids is 6. The van der Waals surface area contributed by atoms with Gasteiger partial charge in [-0.2, -0.15) is 0 Å². The molecule has 14 nitrogen and oxygen atoms in total.